The van der Waals surface area contributed by atoms with Crippen LogP contribution in [-0.4, -0.2) is 11.7 Å². The quantitative estimate of drug-likeness (QED) is 0.732. The van der Waals surface area contributed by atoms with Crippen molar-refractivity contribution in [2.75, 3.05) is 7.11 Å². The Kier molecular flexibility index (Phi) is 2.33. The highest BCUT2D eigenvalue weighted by atomic mass is 19.4. The average Bonchev–Trinajstić information content (AvgIpc) is 2.56. The Balaban J connectivity index is 2.79. The van der Waals surface area contributed by atoms with Crippen LogP contribution >= 0.6 is 0 Å². The molecule has 0 N–H and O–H groups in total. The molecule has 0 radical (unpaired) electrons. The molecule has 0 amide bonds. The Morgan fingerprint density at radius 3 is 2.50 bits per heavy atom. The molecule has 0 atom stereocenters. The molecule has 0 fully saturated rings. The molecular weight excluding hydrogens is 219 g/mol. The van der Waals surface area contributed by atoms with Crippen LogP contribution in [0, 0.1) is 0 Å². The van der Waals surface area contributed by atoms with Gasteiger partial charge in [-0.15, -0.1) is 0 Å². The van der Waals surface area contributed by atoms with E-state index in [2.05, 4.69) is 0 Å². The first kappa shape index (κ1) is 10.9. The minimum absolute atomic E-state index is 0.440. The van der Waals surface area contributed by atoms with Crippen LogP contribution in [0.3, 0.4) is 0 Å². The summed E-state index contributed by atoms with van der Waals surface area (Å²) in [6.07, 6.45) is -4.35. The number of rotatable bonds is 1. The maximum atomic E-state index is 12.7. The first-order valence-electron chi connectivity index (χ1n) is 4.65. The molecule has 2 aromatic rings. The summed E-state index contributed by atoms with van der Waals surface area (Å²) in [4.78, 5) is 0. The minimum Gasteiger partial charge on any atom is -0.495 e. The number of aryl methyl sites for hydroxylation is 1. The van der Waals surface area contributed by atoms with Gasteiger partial charge in [0, 0.05) is 12.4 Å². The number of benzene rings is 1. The summed E-state index contributed by atoms with van der Waals surface area (Å²) >= 11 is 0. The number of aromatic nitrogens is 1. The van der Waals surface area contributed by atoms with Gasteiger partial charge in [0.25, 0.3) is 0 Å². The first-order valence-corrected chi connectivity index (χ1v) is 4.65. The van der Waals surface area contributed by atoms with Gasteiger partial charge in [-0.25, -0.2) is 0 Å². The molecule has 2 nitrogen and oxygen atoms in total. The lowest BCUT2D eigenvalue weighted by Crippen LogP contribution is -2.10. The van der Waals surface area contributed by atoms with Gasteiger partial charge >= 0.3 is 6.18 Å². The number of ether oxygens (including phenoxy) is 1. The number of fused-ring (bicyclic) bond motifs is 1. The number of methoxy groups -OCH3 is 1. The minimum atomic E-state index is -4.35. The summed E-state index contributed by atoms with van der Waals surface area (Å²) in [7, 11) is 2.82. The summed E-state index contributed by atoms with van der Waals surface area (Å²) in [5.74, 6) is 0.440. The van der Waals surface area contributed by atoms with Crippen molar-refractivity contribution in [1.29, 1.82) is 0 Å². The van der Waals surface area contributed by atoms with Crippen molar-refractivity contribution in [3.8, 4) is 5.75 Å². The highest BCUT2D eigenvalue weighted by Gasteiger charge is 2.34. The second kappa shape index (κ2) is 3.43. The zero-order valence-electron chi connectivity index (χ0n) is 8.80. The molecule has 86 valence electrons. The molecule has 0 aliphatic heterocycles. The molecule has 5 heteroatoms. The maximum absolute atomic E-state index is 12.7. The Labute approximate surface area is 90.2 Å². The summed E-state index contributed by atoms with van der Waals surface area (Å²) in [5, 5.41) is 0.522. The van der Waals surface area contributed by atoms with E-state index in [1.807, 2.05) is 0 Å². The second-order valence-corrected chi connectivity index (χ2v) is 3.48. The fraction of sp³-hybridized carbons (Fsp3) is 0.273. The van der Waals surface area contributed by atoms with Crippen molar-refractivity contribution in [3.05, 3.63) is 30.0 Å². The maximum Gasteiger partial charge on any atom is 0.431 e. The van der Waals surface area contributed by atoms with Crippen LogP contribution in [0.15, 0.2) is 24.3 Å². The van der Waals surface area contributed by atoms with Crippen LogP contribution in [0.4, 0.5) is 13.2 Å². The highest BCUT2D eigenvalue weighted by molar-refractivity contribution is 5.87. The number of alkyl halides is 3. The van der Waals surface area contributed by atoms with Gasteiger partial charge in [-0.1, -0.05) is 12.1 Å². The van der Waals surface area contributed by atoms with E-state index in [1.165, 1.54) is 14.2 Å². The summed E-state index contributed by atoms with van der Waals surface area (Å²) in [5.41, 5.74) is -0.218. The number of nitrogens with zero attached hydrogens (tertiary/aromatic N) is 1. The third-order valence-corrected chi connectivity index (χ3v) is 2.53. The summed E-state index contributed by atoms with van der Waals surface area (Å²) in [6.45, 7) is 0. The Hall–Kier alpha value is -1.65. The van der Waals surface area contributed by atoms with Crippen molar-refractivity contribution in [2.45, 2.75) is 6.18 Å². The van der Waals surface area contributed by atoms with Gasteiger partial charge in [-0.05, 0) is 12.1 Å². The molecular formula is C11H10F3NO. The van der Waals surface area contributed by atoms with Crippen LogP contribution in [0.25, 0.3) is 10.9 Å². The molecule has 0 aliphatic rings. The van der Waals surface area contributed by atoms with Crippen molar-refractivity contribution >= 4 is 10.9 Å². The zero-order chi connectivity index (χ0) is 11.9. The molecule has 0 unspecified atom stereocenters. The molecule has 0 saturated heterocycles. The molecule has 1 heterocycles. The van der Waals surface area contributed by atoms with Crippen LogP contribution in [-0.2, 0) is 13.2 Å². The molecule has 0 spiro atoms. The molecule has 2 rings (SSSR count). The monoisotopic (exact) mass is 229 g/mol. The normalized spacial score (nSPS) is 12.1. The SMILES string of the molecule is COc1cccc2cc(C(F)(F)F)n(C)c12. The predicted octanol–water partition coefficient (Wildman–Crippen LogP) is 3.21. The summed E-state index contributed by atoms with van der Waals surface area (Å²) in [6, 6.07) is 6.06. The lowest BCUT2D eigenvalue weighted by Gasteiger charge is -2.09. The van der Waals surface area contributed by atoms with Crippen molar-refractivity contribution in [2.24, 2.45) is 7.05 Å². The van der Waals surface area contributed by atoms with Crippen LogP contribution in [0.1, 0.15) is 5.69 Å². The topological polar surface area (TPSA) is 14.2 Å². The van der Waals surface area contributed by atoms with E-state index in [0.717, 1.165) is 10.6 Å². The Bertz CT molecular complexity index is 528. The smallest absolute Gasteiger partial charge is 0.431 e. The number of hydrogen-bond acceptors (Lipinski definition) is 1. The van der Waals surface area contributed by atoms with Gasteiger partial charge in [0.05, 0.1) is 12.6 Å². The number of halogens is 3. The van der Waals surface area contributed by atoms with Crippen LogP contribution in [0.5, 0.6) is 5.75 Å². The van der Waals surface area contributed by atoms with E-state index in [4.69, 9.17) is 4.74 Å². The summed E-state index contributed by atoms with van der Waals surface area (Å²) < 4.78 is 44.1. The van der Waals surface area contributed by atoms with E-state index in [9.17, 15) is 13.2 Å². The molecule has 16 heavy (non-hydrogen) atoms. The fourth-order valence-corrected chi connectivity index (χ4v) is 1.82. The third kappa shape index (κ3) is 1.52. The Morgan fingerprint density at radius 1 is 1.25 bits per heavy atom. The fourth-order valence-electron chi connectivity index (χ4n) is 1.82. The molecule has 1 aromatic carbocycles. The molecule has 0 bridgehead atoms. The lowest BCUT2D eigenvalue weighted by atomic mass is 10.2. The van der Waals surface area contributed by atoms with Gasteiger partial charge < -0.3 is 9.30 Å². The number of para-hydroxylation sites is 1. The molecule has 1 aromatic heterocycles. The molecule has 0 aliphatic carbocycles. The van der Waals surface area contributed by atoms with Gasteiger partial charge in [-0.2, -0.15) is 13.2 Å². The second-order valence-electron chi connectivity index (χ2n) is 3.48. The lowest BCUT2D eigenvalue weighted by molar-refractivity contribution is -0.142. The highest BCUT2D eigenvalue weighted by Crippen LogP contribution is 2.36. The van der Waals surface area contributed by atoms with E-state index in [1.54, 1.807) is 18.2 Å². The average molecular weight is 229 g/mol. The van der Waals surface area contributed by atoms with Gasteiger partial charge in [0.1, 0.15) is 11.4 Å². The van der Waals surface area contributed by atoms with Crippen LogP contribution in [0.2, 0.25) is 0 Å². The largest absolute Gasteiger partial charge is 0.495 e. The van der Waals surface area contributed by atoms with Gasteiger partial charge in [-0.3, -0.25) is 0 Å². The van der Waals surface area contributed by atoms with E-state index in [0.29, 0.717) is 16.7 Å². The van der Waals surface area contributed by atoms with E-state index in [-0.39, 0.29) is 0 Å². The van der Waals surface area contributed by atoms with E-state index >= 15 is 0 Å². The van der Waals surface area contributed by atoms with E-state index < -0.39 is 11.9 Å². The van der Waals surface area contributed by atoms with Gasteiger partial charge in [0.2, 0.25) is 0 Å². The molecule has 0 saturated carbocycles. The first-order chi connectivity index (χ1) is 7.45. The van der Waals surface area contributed by atoms with Crippen molar-refractivity contribution in [3.63, 3.8) is 0 Å². The van der Waals surface area contributed by atoms with Gasteiger partial charge in [0.15, 0.2) is 0 Å². The predicted molar refractivity (Wildman–Crippen MR) is 54.5 cm³/mol. The van der Waals surface area contributed by atoms with Crippen LogP contribution < -0.4 is 4.74 Å². The zero-order valence-corrected chi connectivity index (χ0v) is 8.80. The van der Waals surface area contributed by atoms with Crippen molar-refractivity contribution in [1.82, 2.24) is 4.57 Å². The Morgan fingerprint density at radius 2 is 1.94 bits per heavy atom. The van der Waals surface area contributed by atoms with Crippen molar-refractivity contribution < 1.29 is 17.9 Å². The number of hydrogen-bond donors (Lipinski definition) is 0. The third-order valence-electron chi connectivity index (χ3n) is 2.53. The standard InChI is InChI=1S/C11H10F3NO/c1-15-9(11(12,13)14)6-7-4-3-5-8(16-2)10(7)15/h3-6H,1-2H3.